The van der Waals surface area contributed by atoms with Crippen molar-refractivity contribution in [2.75, 3.05) is 0 Å². The molecule has 3 aliphatic rings. The first-order valence-corrected chi connectivity index (χ1v) is 6.53. The summed E-state index contributed by atoms with van der Waals surface area (Å²) in [5, 5.41) is 0.979. The maximum Gasteiger partial charge on any atom is 0.0157 e. The molecular formula is C13H14S. The van der Waals surface area contributed by atoms with Gasteiger partial charge in [0.2, 0.25) is 0 Å². The molecule has 0 aliphatic heterocycles. The first-order valence-electron chi connectivity index (χ1n) is 5.65. The topological polar surface area (TPSA) is 0 Å². The Hall–Kier alpha value is -0.430. The van der Waals surface area contributed by atoms with Crippen LogP contribution in [0, 0.1) is 23.7 Å². The molecule has 0 heterocycles. The fourth-order valence-electron chi connectivity index (χ4n) is 3.36. The number of fused-ring (bicyclic) bond motifs is 3. The first-order chi connectivity index (χ1) is 6.93. The predicted molar refractivity (Wildman–Crippen MR) is 59.3 cm³/mol. The average Bonchev–Trinajstić information content (AvgIpc) is 3.10. The van der Waals surface area contributed by atoms with Gasteiger partial charge in [-0.25, -0.2) is 0 Å². The third kappa shape index (κ3) is 1.02. The lowest BCUT2D eigenvalue weighted by molar-refractivity contribution is 0.709. The van der Waals surface area contributed by atoms with Gasteiger partial charge >= 0.3 is 0 Å². The van der Waals surface area contributed by atoms with Crippen molar-refractivity contribution in [1.82, 2.24) is 0 Å². The number of rotatable bonds is 2. The Morgan fingerprint density at radius 1 is 0.857 bits per heavy atom. The van der Waals surface area contributed by atoms with Crippen molar-refractivity contribution in [3.8, 4) is 0 Å². The van der Waals surface area contributed by atoms with Gasteiger partial charge in [0, 0.05) is 10.1 Å². The van der Waals surface area contributed by atoms with Gasteiger partial charge in [-0.1, -0.05) is 18.2 Å². The highest BCUT2D eigenvalue weighted by Gasteiger charge is 2.67. The van der Waals surface area contributed by atoms with E-state index in [1.807, 2.05) is 0 Å². The summed E-state index contributed by atoms with van der Waals surface area (Å²) in [7, 11) is 0. The van der Waals surface area contributed by atoms with Crippen LogP contribution >= 0.6 is 11.8 Å². The van der Waals surface area contributed by atoms with Crippen LogP contribution in [0.4, 0.5) is 0 Å². The third-order valence-electron chi connectivity index (χ3n) is 4.19. The van der Waals surface area contributed by atoms with Gasteiger partial charge in [0.15, 0.2) is 0 Å². The summed E-state index contributed by atoms with van der Waals surface area (Å²) in [6.07, 6.45) is 3.09. The minimum atomic E-state index is 0.979. The summed E-state index contributed by atoms with van der Waals surface area (Å²) in [5.41, 5.74) is 0. The Bertz CT molecular complexity index is 343. The normalized spacial score (nSPS) is 47.0. The van der Waals surface area contributed by atoms with E-state index in [9.17, 15) is 0 Å². The predicted octanol–water partition coefficient (Wildman–Crippen LogP) is 3.43. The third-order valence-corrected chi connectivity index (χ3v) is 5.71. The fraction of sp³-hybridized carbons (Fsp3) is 0.538. The maximum absolute atomic E-state index is 2.26. The molecule has 0 aromatic heterocycles. The summed E-state index contributed by atoms with van der Waals surface area (Å²) in [6.45, 7) is 0. The highest BCUT2D eigenvalue weighted by atomic mass is 32.2. The lowest BCUT2D eigenvalue weighted by Gasteiger charge is -2.12. The van der Waals surface area contributed by atoms with Crippen molar-refractivity contribution in [2.24, 2.45) is 23.7 Å². The summed E-state index contributed by atoms with van der Waals surface area (Å²) < 4.78 is 0. The van der Waals surface area contributed by atoms with Gasteiger partial charge in [0.1, 0.15) is 0 Å². The molecule has 0 bridgehead atoms. The molecule has 72 valence electrons. The smallest absolute Gasteiger partial charge is 0.0157 e. The van der Waals surface area contributed by atoms with Gasteiger partial charge in [0.25, 0.3) is 0 Å². The Morgan fingerprint density at radius 3 is 2.14 bits per heavy atom. The van der Waals surface area contributed by atoms with Gasteiger partial charge in [-0.15, -0.1) is 11.8 Å². The average molecular weight is 202 g/mol. The molecule has 4 atom stereocenters. The molecule has 0 N–H and O–H groups in total. The number of hydrogen-bond acceptors (Lipinski definition) is 1. The van der Waals surface area contributed by atoms with Crippen LogP contribution in [0.25, 0.3) is 0 Å². The largest absolute Gasteiger partial charge is 0.122 e. The van der Waals surface area contributed by atoms with Gasteiger partial charge in [-0.2, -0.15) is 0 Å². The summed E-state index contributed by atoms with van der Waals surface area (Å²) >= 11 is 2.15. The van der Waals surface area contributed by atoms with Crippen molar-refractivity contribution < 1.29 is 0 Å². The summed E-state index contributed by atoms with van der Waals surface area (Å²) in [5.74, 6) is 4.51. The molecule has 1 aromatic rings. The van der Waals surface area contributed by atoms with E-state index in [2.05, 4.69) is 42.1 Å². The van der Waals surface area contributed by atoms with E-state index in [1.54, 1.807) is 12.8 Å². The molecule has 14 heavy (non-hydrogen) atoms. The van der Waals surface area contributed by atoms with Crippen LogP contribution in [-0.4, -0.2) is 5.25 Å². The Kier molecular flexibility index (Phi) is 1.44. The quantitative estimate of drug-likeness (QED) is 0.708. The second kappa shape index (κ2) is 2.57. The maximum atomic E-state index is 2.26. The van der Waals surface area contributed by atoms with Crippen LogP contribution < -0.4 is 0 Å². The van der Waals surface area contributed by atoms with E-state index in [4.69, 9.17) is 0 Å². The van der Waals surface area contributed by atoms with Gasteiger partial charge in [-0.3, -0.25) is 0 Å². The molecule has 3 saturated carbocycles. The van der Waals surface area contributed by atoms with E-state index < -0.39 is 0 Å². The van der Waals surface area contributed by atoms with E-state index in [0.29, 0.717) is 0 Å². The van der Waals surface area contributed by atoms with Crippen LogP contribution in [0.3, 0.4) is 0 Å². The minimum absolute atomic E-state index is 0.979. The molecular weight excluding hydrogens is 188 g/mol. The molecule has 1 aromatic carbocycles. The zero-order chi connectivity index (χ0) is 9.12. The fourth-order valence-corrected chi connectivity index (χ4v) is 4.96. The molecule has 3 fully saturated rings. The zero-order valence-electron chi connectivity index (χ0n) is 8.10. The molecule has 3 aliphatic carbocycles. The summed E-state index contributed by atoms with van der Waals surface area (Å²) in [4.78, 5) is 1.48. The Labute approximate surface area is 89.1 Å². The minimum Gasteiger partial charge on any atom is -0.122 e. The van der Waals surface area contributed by atoms with E-state index >= 15 is 0 Å². The van der Waals surface area contributed by atoms with Crippen LogP contribution in [0.2, 0.25) is 0 Å². The number of hydrogen-bond donors (Lipinski definition) is 0. The SMILES string of the molecule is c1ccc(SC2[C@H]3C[C@H]3[C@@H]3C[C@H]23)cc1. The van der Waals surface area contributed by atoms with Gasteiger partial charge in [-0.05, 0) is 48.6 Å². The summed E-state index contributed by atoms with van der Waals surface area (Å²) in [6, 6.07) is 11.0. The first kappa shape index (κ1) is 7.81. The molecule has 0 amide bonds. The van der Waals surface area contributed by atoms with E-state index in [1.165, 1.54) is 4.90 Å². The van der Waals surface area contributed by atoms with Gasteiger partial charge in [0.05, 0.1) is 0 Å². The second-order valence-electron chi connectivity index (χ2n) is 5.02. The number of benzene rings is 1. The van der Waals surface area contributed by atoms with Crippen molar-refractivity contribution in [1.29, 1.82) is 0 Å². The van der Waals surface area contributed by atoms with Crippen molar-refractivity contribution >= 4 is 11.8 Å². The molecule has 0 spiro atoms. The van der Waals surface area contributed by atoms with Crippen LogP contribution in [0.5, 0.6) is 0 Å². The standard InChI is InChI=1S/C13H14S/c1-2-4-8(5-3-1)14-13-11-6-9(11)10-7-12(10)13/h1-5,9-13H,6-7H2/t9-,10-,11-,12-/m0/s1. The van der Waals surface area contributed by atoms with Crippen LogP contribution in [-0.2, 0) is 0 Å². The van der Waals surface area contributed by atoms with Crippen LogP contribution in [0.15, 0.2) is 35.2 Å². The molecule has 4 rings (SSSR count). The Morgan fingerprint density at radius 2 is 1.50 bits per heavy atom. The highest BCUT2D eigenvalue weighted by molar-refractivity contribution is 8.00. The molecule has 0 unspecified atom stereocenters. The van der Waals surface area contributed by atoms with Gasteiger partial charge < -0.3 is 0 Å². The molecule has 0 saturated heterocycles. The van der Waals surface area contributed by atoms with Crippen molar-refractivity contribution in [2.45, 2.75) is 23.0 Å². The molecule has 1 heteroatoms. The Balaban J connectivity index is 1.55. The second-order valence-corrected chi connectivity index (χ2v) is 6.27. The van der Waals surface area contributed by atoms with E-state index in [0.717, 1.165) is 28.9 Å². The monoisotopic (exact) mass is 202 g/mol. The highest BCUT2D eigenvalue weighted by Crippen LogP contribution is 2.72. The zero-order valence-corrected chi connectivity index (χ0v) is 8.91. The van der Waals surface area contributed by atoms with Crippen LogP contribution in [0.1, 0.15) is 12.8 Å². The lowest BCUT2D eigenvalue weighted by Crippen LogP contribution is -2.05. The molecule has 0 radical (unpaired) electrons. The number of thioether (sulfide) groups is 1. The van der Waals surface area contributed by atoms with E-state index in [-0.39, 0.29) is 0 Å². The lowest BCUT2D eigenvalue weighted by atomic mass is 10.2. The molecule has 0 nitrogen and oxygen atoms in total. The van der Waals surface area contributed by atoms with Crippen molar-refractivity contribution in [3.63, 3.8) is 0 Å². The van der Waals surface area contributed by atoms with Crippen molar-refractivity contribution in [3.05, 3.63) is 30.3 Å².